The number of nitrogens with one attached hydrogen (secondary N) is 1. The fourth-order valence-corrected chi connectivity index (χ4v) is 2.36. The number of Topliss-reactive ketones (excluding diaryl/α,β-unsaturated/α-hetero) is 1. The highest BCUT2D eigenvalue weighted by Gasteiger charge is 2.27. The van der Waals surface area contributed by atoms with Gasteiger partial charge in [-0.2, -0.15) is 0 Å². The van der Waals surface area contributed by atoms with Crippen molar-refractivity contribution in [1.29, 1.82) is 0 Å². The SMILES string of the molecule is CC(C)C(=O)C(=O)N[C@@H](Cc1ccccc1)C(=O)OCc1ccccc1. The first-order chi connectivity index (χ1) is 12.5. The van der Waals surface area contributed by atoms with E-state index in [1.54, 1.807) is 13.8 Å². The van der Waals surface area contributed by atoms with Crippen LogP contribution in [0.5, 0.6) is 0 Å². The van der Waals surface area contributed by atoms with Crippen molar-refractivity contribution in [2.45, 2.75) is 32.9 Å². The maximum Gasteiger partial charge on any atom is 0.329 e. The van der Waals surface area contributed by atoms with Gasteiger partial charge in [-0.3, -0.25) is 9.59 Å². The van der Waals surface area contributed by atoms with Crippen LogP contribution in [0.2, 0.25) is 0 Å². The zero-order valence-corrected chi connectivity index (χ0v) is 15.0. The zero-order valence-electron chi connectivity index (χ0n) is 15.0. The molecule has 0 radical (unpaired) electrons. The fraction of sp³-hybridized carbons (Fsp3) is 0.286. The number of carbonyl (C=O) groups is 3. The first-order valence-electron chi connectivity index (χ1n) is 8.56. The van der Waals surface area contributed by atoms with Gasteiger partial charge in [0.15, 0.2) is 0 Å². The van der Waals surface area contributed by atoms with Gasteiger partial charge in [0.25, 0.3) is 5.91 Å². The van der Waals surface area contributed by atoms with Crippen LogP contribution in [0.25, 0.3) is 0 Å². The van der Waals surface area contributed by atoms with Gasteiger partial charge in [0.05, 0.1) is 0 Å². The minimum atomic E-state index is -0.920. The second kappa shape index (κ2) is 9.51. The van der Waals surface area contributed by atoms with Crippen LogP contribution in [-0.2, 0) is 32.1 Å². The third-order valence-electron chi connectivity index (χ3n) is 3.84. The lowest BCUT2D eigenvalue weighted by Crippen LogP contribution is -2.47. The van der Waals surface area contributed by atoms with Gasteiger partial charge in [0, 0.05) is 12.3 Å². The summed E-state index contributed by atoms with van der Waals surface area (Å²) in [5.74, 6) is -2.33. The third-order valence-corrected chi connectivity index (χ3v) is 3.84. The van der Waals surface area contributed by atoms with Crippen molar-refractivity contribution in [2.75, 3.05) is 0 Å². The lowest BCUT2D eigenvalue weighted by atomic mass is 10.0. The molecule has 1 atom stereocenters. The molecule has 0 saturated carbocycles. The van der Waals surface area contributed by atoms with Crippen molar-refractivity contribution in [3.05, 3.63) is 71.8 Å². The Morgan fingerprint density at radius 3 is 1.96 bits per heavy atom. The van der Waals surface area contributed by atoms with Gasteiger partial charge in [-0.1, -0.05) is 74.5 Å². The molecule has 0 bridgehead atoms. The molecule has 1 amide bonds. The van der Waals surface area contributed by atoms with Crippen LogP contribution in [0.3, 0.4) is 0 Å². The Hall–Kier alpha value is -2.95. The molecule has 5 nitrogen and oxygen atoms in total. The molecule has 26 heavy (non-hydrogen) atoms. The lowest BCUT2D eigenvalue weighted by Gasteiger charge is -2.18. The van der Waals surface area contributed by atoms with Crippen molar-refractivity contribution >= 4 is 17.7 Å². The second-order valence-electron chi connectivity index (χ2n) is 6.33. The van der Waals surface area contributed by atoms with Crippen molar-refractivity contribution < 1.29 is 19.1 Å². The van der Waals surface area contributed by atoms with Crippen LogP contribution >= 0.6 is 0 Å². The van der Waals surface area contributed by atoms with E-state index in [-0.39, 0.29) is 13.0 Å². The van der Waals surface area contributed by atoms with Crippen LogP contribution < -0.4 is 5.32 Å². The van der Waals surface area contributed by atoms with E-state index >= 15 is 0 Å². The highest BCUT2D eigenvalue weighted by molar-refractivity contribution is 6.37. The summed E-state index contributed by atoms with van der Waals surface area (Å²) in [6.07, 6.45) is 0.256. The number of esters is 1. The predicted octanol–water partition coefficient (Wildman–Crippen LogP) is 2.68. The molecule has 136 valence electrons. The largest absolute Gasteiger partial charge is 0.459 e. The van der Waals surface area contributed by atoms with Gasteiger partial charge in [-0.25, -0.2) is 4.79 Å². The lowest BCUT2D eigenvalue weighted by molar-refractivity contribution is -0.150. The first kappa shape index (κ1) is 19.4. The van der Waals surface area contributed by atoms with Crippen LogP contribution in [-0.4, -0.2) is 23.7 Å². The minimum absolute atomic E-state index is 0.110. The standard InChI is InChI=1S/C21H23NO4/c1-15(2)19(23)20(24)22-18(13-16-9-5-3-6-10-16)21(25)26-14-17-11-7-4-8-12-17/h3-12,15,18H,13-14H2,1-2H3,(H,22,24)/t18-/m0/s1. The van der Waals surface area contributed by atoms with E-state index in [9.17, 15) is 14.4 Å². The van der Waals surface area contributed by atoms with Crippen LogP contribution in [0.15, 0.2) is 60.7 Å². The monoisotopic (exact) mass is 353 g/mol. The Labute approximate surface area is 153 Å². The van der Waals surface area contributed by atoms with E-state index in [0.29, 0.717) is 0 Å². The van der Waals surface area contributed by atoms with Gasteiger partial charge in [0.2, 0.25) is 5.78 Å². The third kappa shape index (κ3) is 5.84. The molecule has 1 N–H and O–H groups in total. The zero-order chi connectivity index (χ0) is 18.9. The van der Waals surface area contributed by atoms with E-state index in [1.165, 1.54) is 0 Å². The van der Waals surface area contributed by atoms with Gasteiger partial charge in [-0.05, 0) is 11.1 Å². The molecule has 0 aliphatic heterocycles. The number of rotatable bonds is 8. The van der Waals surface area contributed by atoms with E-state index in [1.807, 2.05) is 60.7 Å². The number of ether oxygens (including phenoxy) is 1. The number of carbonyl (C=O) groups excluding carboxylic acids is 3. The molecule has 5 heteroatoms. The van der Waals surface area contributed by atoms with Crippen molar-refractivity contribution in [3.8, 4) is 0 Å². The number of hydrogen-bond donors (Lipinski definition) is 1. The summed E-state index contributed by atoms with van der Waals surface area (Å²) >= 11 is 0. The fourth-order valence-electron chi connectivity index (χ4n) is 2.36. The molecule has 0 aromatic heterocycles. The summed E-state index contributed by atoms with van der Waals surface area (Å²) in [4.78, 5) is 36.5. The molecule has 0 aliphatic rings. The van der Waals surface area contributed by atoms with Crippen molar-refractivity contribution in [1.82, 2.24) is 5.32 Å². The molecule has 2 aromatic rings. The van der Waals surface area contributed by atoms with Gasteiger partial charge >= 0.3 is 5.97 Å². The highest BCUT2D eigenvalue weighted by Crippen LogP contribution is 2.08. The molecule has 0 heterocycles. The average molecular weight is 353 g/mol. The summed E-state index contributed by atoms with van der Waals surface area (Å²) in [6.45, 7) is 3.39. The second-order valence-corrected chi connectivity index (χ2v) is 6.33. The smallest absolute Gasteiger partial charge is 0.329 e. The average Bonchev–Trinajstić information content (AvgIpc) is 2.66. The first-order valence-corrected chi connectivity index (χ1v) is 8.56. The molecule has 2 aromatic carbocycles. The maximum absolute atomic E-state index is 12.5. The predicted molar refractivity (Wildman–Crippen MR) is 98.2 cm³/mol. The molecule has 0 saturated heterocycles. The number of benzene rings is 2. The van der Waals surface area contributed by atoms with E-state index in [4.69, 9.17) is 4.74 Å². The Bertz CT molecular complexity index is 741. The normalized spacial score (nSPS) is 11.7. The summed E-state index contributed by atoms with van der Waals surface area (Å²) in [5, 5.41) is 2.52. The van der Waals surface area contributed by atoms with Crippen molar-refractivity contribution in [3.63, 3.8) is 0 Å². The maximum atomic E-state index is 12.5. The minimum Gasteiger partial charge on any atom is -0.459 e. The molecule has 0 spiro atoms. The van der Waals surface area contributed by atoms with Crippen LogP contribution in [0.4, 0.5) is 0 Å². The molecule has 0 aliphatic carbocycles. The van der Waals surface area contributed by atoms with Crippen LogP contribution in [0.1, 0.15) is 25.0 Å². The van der Waals surface area contributed by atoms with Gasteiger partial charge in [-0.15, -0.1) is 0 Å². The van der Waals surface area contributed by atoms with Crippen LogP contribution in [0, 0.1) is 5.92 Å². The number of hydrogen-bond acceptors (Lipinski definition) is 4. The molecular weight excluding hydrogens is 330 g/mol. The van der Waals surface area contributed by atoms with E-state index in [2.05, 4.69) is 5.32 Å². The molecule has 0 fully saturated rings. The van der Waals surface area contributed by atoms with Gasteiger partial charge < -0.3 is 10.1 Å². The summed E-state index contributed by atoms with van der Waals surface area (Å²) < 4.78 is 5.34. The number of amides is 1. The summed E-state index contributed by atoms with van der Waals surface area (Å²) in [5.41, 5.74) is 1.72. The summed E-state index contributed by atoms with van der Waals surface area (Å²) in [6, 6.07) is 17.6. The molecule has 0 unspecified atom stereocenters. The quantitative estimate of drug-likeness (QED) is 0.585. The summed E-state index contributed by atoms with van der Waals surface area (Å²) in [7, 11) is 0. The Balaban J connectivity index is 2.07. The molecule has 2 rings (SSSR count). The van der Waals surface area contributed by atoms with E-state index < -0.39 is 29.6 Å². The van der Waals surface area contributed by atoms with Crippen molar-refractivity contribution in [2.24, 2.45) is 5.92 Å². The number of ketones is 1. The topological polar surface area (TPSA) is 72.5 Å². The van der Waals surface area contributed by atoms with E-state index in [0.717, 1.165) is 11.1 Å². The Morgan fingerprint density at radius 2 is 1.42 bits per heavy atom. The highest BCUT2D eigenvalue weighted by atomic mass is 16.5. The Kier molecular flexibility index (Phi) is 7.09. The Morgan fingerprint density at radius 1 is 0.885 bits per heavy atom. The molecular formula is C21H23NO4. The van der Waals surface area contributed by atoms with Gasteiger partial charge in [0.1, 0.15) is 12.6 Å².